The number of nitrogens with zero attached hydrogens (tertiary/aromatic N) is 1. The Morgan fingerprint density at radius 3 is 2.78 bits per heavy atom. The van der Waals surface area contributed by atoms with E-state index in [4.69, 9.17) is 5.73 Å². The molecule has 2 heterocycles. The van der Waals surface area contributed by atoms with Gasteiger partial charge in [0.05, 0.1) is 5.88 Å². The molecule has 2 aliphatic heterocycles. The summed E-state index contributed by atoms with van der Waals surface area (Å²) in [4.78, 5) is 49.0. The average Bonchev–Trinajstić information content (AvgIpc) is 3.14. The van der Waals surface area contributed by atoms with Crippen LogP contribution in [-0.2, 0) is 19.2 Å². The first-order valence-corrected chi connectivity index (χ1v) is 8.86. The highest BCUT2D eigenvalue weighted by atomic mass is 32.2. The Kier molecular flexibility index (Phi) is 5.86. The van der Waals surface area contributed by atoms with Crippen molar-refractivity contribution in [2.75, 3.05) is 11.6 Å². The van der Waals surface area contributed by atoms with Crippen LogP contribution in [0.25, 0.3) is 0 Å². The van der Waals surface area contributed by atoms with Crippen molar-refractivity contribution >= 4 is 35.4 Å². The Morgan fingerprint density at radius 2 is 2.22 bits per heavy atom. The van der Waals surface area contributed by atoms with Crippen molar-refractivity contribution in [2.45, 2.75) is 50.7 Å². The Hall–Kier alpha value is -1.77. The zero-order valence-electron chi connectivity index (χ0n) is 13.0. The molecular weight excluding hydrogens is 320 g/mol. The van der Waals surface area contributed by atoms with Crippen LogP contribution in [0.1, 0.15) is 32.6 Å². The lowest BCUT2D eigenvalue weighted by Gasteiger charge is -2.27. The molecule has 0 radical (unpaired) electrons. The maximum atomic E-state index is 12.7. The first kappa shape index (κ1) is 17.6. The fourth-order valence-electron chi connectivity index (χ4n) is 2.72. The Bertz CT molecular complexity index is 513. The number of amides is 4. The van der Waals surface area contributed by atoms with Crippen LogP contribution in [0.5, 0.6) is 0 Å². The first-order valence-electron chi connectivity index (χ1n) is 7.71. The molecule has 2 aliphatic rings. The molecule has 128 valence electrons. The number of carbonyl (C=O) groups excluding carboxylic acids is 4. The summed E-state index contributed by atoms with van der Waals surface area (Å²) in [5.74, 6) is -0.473. The molecule has 2 rings (SSSR count). The smallest absolute Gasteiger partial charge is 0.246 e. The van der Waals surface area contributed by atoms with Crippen molar-refractivity contribution in [2.24, 2.45) is 5.73 Å². The van der Waals surface area contributed by atoms with Gasteiger partial charge in [-0.2, -0.15) is 0 Å². The lowest BCUT2D eigenvalue weighted by atomic mass is 10.1. The van der Waals surface area contributed by atoms with Crippen LogP contribution in [0.4, 0.5) is 0 Å². The van der Waals surface area contributed by atoms with Crippen LogP contribution >= 0.6 is 11.8 Å². The minimum absolute atomic E-state index is 0.159. The number of nitrogens with two attached hydrogens (primary N) is 1. The van der Waals surface area contributed by atoms with Gasteiger partial charge in [-0.15, -0.1) is 11.8 Å². The molecule has 23 heavy (non-hydrogen) atoms. The molecule has 8 nitrogen and oxygen atoms in total. The van der Waals surface area contributed by atoms with Crippen molar-refractivity contribution in [3.8, 4) is 0 Å². The van der Waals surface area contributed by atoms with E-state index in [2.05, 4.69) is 10.6 Å². The lowest BCUT2D eigenvalue weighted by Crippen LogP contribution is -2.55. The van der Waals surface area contributed by atoms with Crippen LogP contribution in [0.2, 0.25) is 0 Å². The lowest BCUT2D eigenvalue weighted by molar-refractivity contribution is -0.140. The van der Waals surface area contributed by atoms with E-state index in [1.54, 1.807) is 0 Å². The predicted octanol–water partition coefficient (Wildman–Crippen LogP) is -1.06. The highest BCUT2D eigenvalue weighted by Gasteiger charge is 2.38. The summed E-state index contributed by atoms with van der Waals surface area (Å²) in [6.45, 7) is 1.91. The summed E-state index contributed by atoms with van der Waals surface area (Å²) < 4.78 is 0. The van der Waals surface area contributed by atoms with Gasteiger partial charge in [0.15, 0.2) is 0 Å². The molecule has 2 saturated heterocycles. The van der Waals surface area contributed by atoms with Gasteiger partial charge in [-0.25, -0.2) is 0 Å². The Morgan fingerprint density at radius 1 is 1.48 bits per heavy atom. The van der Waals surface area contributed by atoms with Gasteiger partial charge in [0.2, 0.25) is 23.6 Å². The number of rotatable bonds is 6. The second-order valence-corrected chi connectivity index (χ2v) is 6.73. The monoisotopic (exact) mass is 342 g/mol. The molecule has 0 spiro atoms. The van der Waals surface area contributed by atoms with Crippen LogP contribution in [0.3, 0.4) is 0 Å². The molecule has 0 unspecified atom stereocenters. The van der Waals surface area contributed by atoms with E-state index in [0.717, 1.165) is 0 Å². The molecular formula is C14H22N4O4S. The van der Waals surface area contributed by atoms with Crippen molar-refractivity contribution in [1.82, 2.24) is 15.5 Å². The average molecular weight is 342 g/mol. The molecule has 0 bridgehead atoms. The van der Waals surface area contributed by atoms with Gasteiger partial charge in [0, 0.05) is 12.2 Å². The molecule has 0 aliphatic carbocycles. The van der Waals surface area contributed by atoms with Gasteiger partial charge in [0.1, 0.15) is 18.1 Å². The number of primary amides is 1. The third-order valence-electron chi connectivity index (χ3n) is 4.00. The highest BCUT2D eigenvalue weighted by molar-refractivity contribution is 7.99. The Balaban J connectivity index is 2.02. The number of thioether (sulfide) groups is 1. The largest absolute Gasteiger partial charge is 0.368 e. The van der Waals surface area contributed by atoms with Crippen LogP contribution < -0.4 is 16.4 Å². The molecule has 4 amide bonds. The summed E-state index contributed by atoms with van der Waals surface area (Å²) in [5.41, 5.74) is 5.34. The minimum Gasteiger partial charge on any atom is -0.368 e. The topological polar surface area (TPSA) is 122 Å². The molecule has 0 aromatic carbocycles. The summed E-state index contributed by atoms with van der Waals surface area (Å²) in [6.07, 6.45) is 1.92. The van der Waals surface area contributed by atoms with Crippen molar-refractivity contribution in [3.63, 3.8) is 0 Å². The van der Waals surface area contributed by atoms with E-state index in [9.17, 15) is 19.2 Å². The standard InChI is InChI=1S/C14H22N4O4S/c1-2-3-9(17-13(21)8-4-5-11(19)16-8)14(22)18-7-23-6-10(18)12(15)20/h8-10H,2-7H2,1H3,(H2,15,20)(H,16,19)(H,17,21)/t8-,9-,10+/m0/s1. The zero-order valence-corrected chi connectivity index (χ0v) is 13.9. The number of nitrogens with one attached hydrogen (secondary N) is 2. The van der Waals surface area contributed by atoms with Gasteiger partial charge in [-0.3, -0.25) is 19.2 Å². The molecule has 0 aromatic rings. The van der Waals surface area contributed by atoms with E-state index >= 15 is 0 Å². The predicted molar refractivity (Wildman–Crippen MR) is 85.2 cm³/mol. The first-order chi connectivity index (χ1) is 10.9. The summed E-state index contributed by atoms with van der Waals surface area (Å²) >= 11 is 1.46. The number of hydrogen-bond donors (Lipinski definition) is 3. The third-order valence-corrected chi connectivity index (χ3v) is 5.01. The van der Waals surface area contributed by atoms with Gasteiger partial charge in [0.25, 0.3) is 0 Å². The molecule has 9 heteroatoms. The van der Waals surface area contributed by atoms with Gasteiger partial charge in [-0.05, 0) is 12.8 Å². The normalized spacial score (nSPS) is 25.1. The number of hydrogen-bond acceptors (Lipinski definition) is 5. The maximum Gasteiger partial charge on any atom is 0.246 e. The van der Waals surface area contributed by atoms with Crippen LogP contribution in [0.15, 0.2) is 0 Å². The van der Waals surface area contributed by atoms with E-state index in [1.807, 2.05) is 6.92 Å². The van der Waals surface area contributed by atoms with E-state index in [-0.39, 0.29) is 17.7 Å². The van der Waals surface area contributed by atoms with E-state index < -0.39 is 24.0 Å². The van der Waals surface area contributed by atoms with Crippen molar-refractivity contribution in [1.29, 1.82) is 0 Å². The maximum absolute atomic E-state index is 12.7. The molecule has 2 fully saturated rings. The molecule has 0 aromatic heterocycles. The van der Waals surface area contributed by atoms with Crippen molar-refractivity contribution < 1.29 is 19.2 Å². The van der Waals surface area contributed by atoms with Crippen molar-refractivity contribution in [3.05, 3.63) is 0 Å². The third kappa shape index (κ3) is 4.15. The van der Waals surface area contributed by atoms with Crippen LogP contribution in [-0.4, -0.2) is 58.3 Å². The SMILES string of the molecule is CCC[C@H](NC(=O)[C@@H]1CCC(=O)N1)C(=O)N1CSC[C@@H]1C(N)=O. The second-order valence-electron chi connectivity index (χ2n) is 5.73. The summed E-state index contributed by atoms with van der Waals surface area (Å²) in [6, 6.07) is -1.92. The quantitative estimate of drug-likeness (QED) is 0.568. The zero-order chi connectivity index (χ0) is 17.0. The van der Waals surface area contributed by atoms with Gasteiger partial charge in [-0.1, -0.05) is 13.3 Å². The van der Waals surface area contributed by atoms with E-state index in [0.29, 0.717) is 37.3 Å². The molecule has 4 N–H and O–H groups in total. The van der Waals surface area contributed by atoms with Crippen LogP contribution in [0, 0.1) is 0 Å². The second kappa shape index (κ2) is 7.67. The summed E-state index contributed by atoms with van der Waals surface area (Å²) in [5, 5.41) is 5.29. The summed E-state index contributed by atoms with van der Waals surface area (Å²) in [7, 11) is 0. The highest BCUT2D eigenvalue weighted by Crippen LogP contribution is 2.22. The molecule has 0 saturated carbocycles. The van der Waals surface area contributed by atoms with Gasteiger partial charge < -0.3 is 21.3 Å². The molecule has 3 atom stereocenters. The fourth-order valence-corrected chi connectivity index (χ4v) is 3.90. The Labute approximate surface area is 138 Å². The van der Waals surface area contributed by atoms with E-state index in [1.165, 1.54) is 16.7 Å². The fraction of sp³-hybridized carbons (Fsp3) is 0.714. The van der Waals surface area contributed by atoms with Gasteiger partial charge >= 0.3 is 0 Å². The number of carbonyl (C=O) groups is 4. The minimum atomic E-state index is -0.703.